The lowest BCUT2D eigenvalue weighted by molar-refractivity contribution is -0.148. The van der Waals surface area contributed by atoms with E-state index >= 15 is 0 Å². The third-order valence-electron chi connectivity index (χ3n) is 9.37. The van der Waals surface area contributed by atoms with E-state index in [0.29, 0.717) is 26.4 Å². The van der Waals surface area contributed by atoms with Crippen LogP contribution in [0.25, 0.3) is 0 Å². The van der Waals surface area contributed by atoms with E-state index in [9.17, 15) is 4.79 Å². The largest absolute Gasteiger partial charge is 0.377 e. The van der Waals surface area contributed by atoms with Crippen molar-refractivity contribution in [2.45, 2.75) is 206 Å². The molecule has 286 valence electrons. The van der Waals surface area contributed by atoms with Crippen LogP contribution >= 0.6 is 0 Å². The van der Waals surface area contributed by atoms with Crippen molar-refractivity contribution < 1.29 is 19.0 Å². The third-order valence-corrected chi connectivity index (χ3v) is 9.37. The maximum absolute atomic E-state index is 12.4. The molecule has 0 aromatic heterocycles. The quantitative estimate of drug-likeness (QED) is 0.0515. The number of unbranched alkanes of at least 4 members (excludes halogenated alkanes) is 25. The summed E-state index contributed by atoms with van der Waals surface area (Å²) in [5, 5.41) is 0. The summed E-state index contributed by atoms with van der Waals surface area (Å²) in [5.74, 6) is -0.457. The van der Waals surface area contributed by atoms with E-state index in [-0.39, 0.29) is 0 Å². The maximum Gasteiger partial charge on any atom is 0.249 e. The summed E-state index contributed by atoms with van der Waals surface area (Å²) in [6, 6.07) is 0. The van der Waals surface area contributed by atoms with Crippen molar-refractivity contribution in [1.82, 2.24) is 4.90 Å². The van der Waals surface area contributed by atoms with Crippen LogP contribution in [0.4, 0.5) is 0 Å². The summed E-state index contributed by atoms with van der Waals surface area (Å²) in [4.78, 5) is 14.5. The molecule has 0 aliphatic heterocycles. The summed E-state index contributed by atoms with van der Waals surface area (Å²) in [6.45, 7) is 7.44. The number of nitrogens with two attached hydrogens (primary N) is 1. The van der Waals surface area contributed by atoms with Gasteiger partial charge in [-0.3, -0.25) is 4.79 Å². The van der Waals surface area contributed by atoms with E-state index in [1.165, 1.54) is 154 Å². The molecular formula is C42H84N2O4. The number of hydrogen-bond donors (Lipinski definition) is 1. The van der Waals surface area contributed by atoms with Crippen molar-refractivity contribution in [2.75, 3.05) is 47.1 Å². The molecule has 0 aromatic rings. The van der Waals surface area contributed by atoms with Gasteiger partial charge in [0.2, 0.25) is 5.91 Å². The van der Waals surface area contributed by atoms with Gasteiger partial charge in [-0.1, -0.05) is 167 Å². The Morgan fingerprint density at radius 3 is 1.31 bits per heavy atom. The Hall–Kier alpha value is -0.950. The summed E-state index contributed by atoms with van der Waals surface area (Å²) in [7, 11) is 4.05. The zero-order valence-corrected chi connectivity index (χ0v) is 32.8. The highest BCUT2D eigenvalue weighted by molar-refractivity contribution is 5.79. The van der Waals surface area contributed by atoms with E-state index in [2.05, 4.69) is 30.9 Å². The molecule has 0 aliphatic rings. The second-order valence-corrected chi connectivity index (χ2v) is 14.5. The minimum atomic E-state index is -0.765. The number of primary amides is 1. The van der Waals surface area contributed by atoms with Gasteiger partial charge in [-0.15, -0.1) is 0 Å². The van der Waals surface area contributed by atoms with E-state index < -0.39 is 18.1 Å². The molecular weight excluding hydrogens is 596 g/mol. The highest BCUT2D eigenvalue weighted by Crippen LogP contribution is 2.15. The van der Waals surface area contributed by atoms with Gasteiger partial charge < -0.3 is 24.8 Å². The van der Waals surface area contributed by atoms with Gasteiger partial charge >= 0.3 is 0 Å². The smallest absolute Gasteiger partial charge is 0.249 e. The number of amides is 1. The van der Waals surface area contributed by atoms with Crippen molar-refractivity contribution in [3.8, 4) is 0 Å². The van der Waals surface area contributed by atoms with Gasteiger partial charge in [-0.05, 0) is 52.6 Å². The fourth-order valence-corrected chi connectivity index (χ4v) is 6.13. The predicted molar refractivity (Wildman–Crippen MR) is 208 cm³/mol. The topological polar surface area (TPSA) is 74.0 Å². The van der Waals surface area contributed by atoms with Crippen molar-refractivity contribution in [3.05, 3.63) is 12.2 Å². The van der Waals surface area contributed by atoms with Crippen LogP contribution in [-0.4, -0.2) is 70.1 Å². The number of ether oxygens (including phenoxy) is 3. The summed E-state index contributed by atoms with van der Waals surface area (Å²) >= 11 is 0. The SMILES string of the molecule is CCCCCCCC/C=C\CCCCCCCCOC(C(N)=O)C(COCCN(C)C)OCCCCCCCCCCCCCCCC. The highest BCUT2D eigenvalue weighted by atomic mass is 16.6. The number of hydrogen-bond acceptors (Lipinski definition) is 5. The van der Waals surface area contributed by atoms with Gasteiger partial charge in [-0.2, -0.15) is 0 Å². The molecule has 0 spiro atoms. The maximum atomic E-state index is 12.4. The van der Waals surface area contributed by atoms with E-state index in [1.54, 1.807) is 0 Å². The Kier molecular flexibility index (Phi) is 38.1. The number of rotatable bonds is 40. The number of carbonyl (C=O) groups excluding carboxylic acids is 1. The lowest BCUT2D eigenvalue weighted by Crippen LogP contribution is -2.45. The number of likely N-dealkylation sites (N-methyl/N-ethyl adjacent to an activating group) is 1. The predicted octanol–water partition coefficient (Wildman–Crippen LogP) is 11.3. The second kappa shape index (κ2) is 38.8. The number of nitrogens with zero attached hydrogens (tertiary/aromatic N) is 1. The van der Waals surface area contributed by atoms with Gasteiger partial charge in [0.1, 0.15) is 6.10 Å². The first-order valence-corrected chi connectivity index (χ1v) is 20.9. The summed E-state index contributed by atoms with van der Waals surface area (Å²) < 4.78 is 18.1. The summed E-state index contributed by atoms with van der Waals surface area (Å²) in [5.41, 5.74) is 5.80. The normalized spacial score (nSPS) is 13.2. The van der Waals surface area contributed by atoms with Crippen LogP contribution in [-0.2, 0) is 19.0 Å². The van der Waals surface area contributed by atoms with Crippen molar-refractivity contribution in [2.24, 2.45) is 5.73 Å². The average Bonchev–Trinajstić information content (AvgIpc) is 3.07. The third kappa shape index (κ3) is 34.9. The molecule has 0 saturated heterocycles. The average molecular weight is 681 g/mol. The van der Waals surface area contributed by atoms with Crippen molar-refractivity contribution in [1.29, 1.82) is 0 Å². The van der Waals surface area contributed by atoms with Crippen LogP contribution in [0.1, 0.15) is 194 Å². The molecule has 6 heteroatoms. The fraction of sp³-hybridized carbons (Fsp3) is 0.929. The van der Waals surface area contributed by atoms with Crippen LogP contribution in [0.5, 0.6) is 0 Å². The number of carbonyl (C=O) groups is 1. The molecule has 0 aromatic carbocycles. The molecule has 1 amide bonds. The molecule has 6 nitrogen and oxygen atoms in total. The van der Waals surface area contributed by atoms with E-state index in [1.807, 2.05) is 14.1 Å². The minimum Gasteiger partial charge on any atom is -0.377 e. The molecule has 48 heavy (non-hydrogen) atoms. The van der Waals surface area contributed by atoms with Gasteiger partial charge in [0.15, 0.2) is 6.10 Å². The molecule has 2 N–H and O–H groups in total. The van der Waals surface area contributed by atoms with Gasteiger partial charge in [0.25, 0.3) is 0 Å². The van der Waals surface area contributed by atoms with E-state index in [0.717, 1.165) is 32.2 Å². The summed E-state index contributed by atoms with van der Waals surface area (Å²) in [6.07, 6.45) is 39.9. The molecule has 0 saturated carbocycles. The van der Waals surface area contributed by atoms with Crippen LogP contribution < -0.4 is 5.73 Å². The Bertz CT molecular complexity index is 672. The van der Waals surface area contributed by atoms with Crippen LogP contribution in [0, 0.1) is 0 Å². The first kappa shape index (κ1) is 47.0. The molecule has 0 radical (unpaired) electrons. The highest BCUT2D eigenvalue weighted by Gasteiger charge is 2.28. The molecule has 0 heterocycles. The lowest BCUT2D eigenvalue weighted by Gasteiger charge is -2.25. The monoisotopic (exact) mass is 681 g/mol. The molecule has 0 aliphatic carbocycles. The Labute approximate surface area is 300 Å². The van der Waals surface area contributed by atoms with Gasteiger partial charge in [-0.25, -0.2) is 0 Å². The van der Waals surface area contributed by atoms with Crippen molar-refractivity contribution in [3.63, 3.8) is 0 Å². The van der Waals surface area contributed by atoms with Crippen LogP contribution in [0.2, 0.25) is 0 Å². The zero-order valence-electron chi connectivity index (χ0n) is 32.8. The minimum absolute atomic E-state index is 0.327. The first-order valence-electron chi connectivity index (χ1n) is 20.9. The molecule has 0 fully saturated rings. The molecule has 2 unspecified atom stereocenters. The van der Waals surface area contributed by atoms with Crippen LogP contribution in [0.15, 0.2) is 12.2 Å². The zero-order chi connectivity index (χ0) is 35.2. The number of allylic oxidation sites excluding steroid dienone is 2. The Morgan fingerprint density at radius 2 is 0.917 bits per heavy atom. The Balaban J connectivity index is 4.10. The van der Waals surface area contributed by atoms with Crippen LogP contribution in [0.3, 0.4) is 0 Å². The Morgan fingerprint density at radius 1 is 0.542 bits per heavy atom. The molecule has 0 rings (SSSR count). The fourth-order valence-electron chi connectivity index (χ4n) is 6.13. The van der Waals surface area contributed by atoms with E-state index in [4.69, 9.17) is 19.9 Å². The molecule has 2 atom stereocenters. The lowest BCUT2D eigenvalue weighted by atomic mass is 10.0. The first-order chi connectivity index (χ1) is 23.5. The van der Waals surface area contributed by atoms with Gasteiger partial charge in [0, 0.05) is 19.8 Å². The molecule has 0 bridgehead atoms. The standard InChI is InChI=1S/C42H84N2O4/c1-5-7-9-11-13-15-17-19-21-22-24-26-28-30-32-34-37-48-41(42(43)45)40(39-46-38-35-44(3)4)47-36-33-31-29-27-25-23-20-18-16-14-12-10-8-6-2/h19,21,40-41H,5-18,20,22-39H2,1-4H3,(H2,43,45)/b21-19-. The van der Waals surface area contributed by atoms with Crippen molar-refractivity contribution >= 4 is 5.91 Å². The van der Waals surface area contributed by atoms with Gasteiger partial charge in [0.05, 0.1) is 13.2 Å². The second-order valence-electron chi connectivity index (χ2n) is 14.5.